The smallest absolute Gasteiger partial charge is 0.267 e. The number of benzene rings is 2. The Bertz CT molecular complexity index is 1020. The van der Waals surface area contributed by atoms with Crippen molar-refractivity contribution in [2.45, 2.75) is 19.9 Å². The van der Waals surface area contributed by atoms with Crippen LogP contribution < -0.4 is 10.9 Å². The zero-order valence-corrected chi connectivity index (χ0v) is 15.0. The predicted octanol–water partition coefficient (Wildman–Crippen LogP) is 3.31. The molecule has 0 saturated carbocycles. The fourth-order valence-corrected chi connectivity index (χ4v) is 2.61. The third-order valence-electron chi connectivity index (χ3n) is 4.20. The maximum absolute atomic E-state index is 12.6. The van der Waals surface area contributed by atoms with Crippen LogP contribution in [0.25, 0.3) is 11.3 Å². The molecule has 1 N–H and O–H groups in total. The van der Waals surface area contributed by atoms with Gasteiger partial charge in [-0.15, -0.1) is 0 Å². The predicted molar refractivity (Wildman–Crippen MR) is 104 cm³/mol. The van der Waals surface area contributed by atoms with Crippen LogP contribution in [-0.4, -0.2) is 21.5 Å². The van der Waals surface area contributed by atoms with E-state index in [9.17, 15) is 14.4 Å². The number of rotatable bonds is 5. The molecule has 3 aromatic rings. The van der Waals surface area contributed by atoms with Gasteiger partial charge < -0.3 is 5.32 Å². The molecule has 6 heteroatoms. The van der Waals surface area contributed by atoms with E-state index in [4.69, 9.17) is 0 Å². The van der Waals surface area contributed by atoms with Gasteiger partial charge in [-0.25, -0.2) is 4.68 Å². The third-order valence-corrected chi connectivity index (χ3v) is 4.20. The molecule has 0 aliphatic rings. The number of amides is 1. The average Bonchev–Trinajstić information content (AvgIpc) is 2.69. The molecular formula is C21H19N3O3. The monoisotopic (exact) mass is 361 g/mol. The molecular weight excluding hydrogens is 342 g/mol. The van der Waals surface area contributed by atoms with Crippen LogP contribution in [0.5, 0.6) is 0 Å². The van der Waals surface area contributed by atoms with E-state index in [1.807, 2.05) is 30.3 Å². The van der Waals surface area contributed by atoms with E-state index in [-0.39, 0.29) is 17.2 Å². The second-order valence-corrected chi connectivity index (χ2v) is 6.17. The average molecular weight is 361 g/mol. The van der Waals surface area contributed by atoms with Gasteiger partial charge in [0.15, 0.2) is 5.78 Å². The first-order valence-corrected chi connectivity index (χ1v) is 8.53. The summed E-state index contributed by atoms with van der Waals surface area (Å²) in [6.45, 7) is 3.09. The Balaban J connectivity index is 1.82. The number of anilines is 1. The standard InChI is InChI=1S/C21H19N3O3/c1-14(21(27)22-18-10-8-16(9-11-18)15(2)25)24-20(26)13-12-19(23-24)17-6-4-3-5-7-17/h3-14H,1-2H3,(H,22,27)/t14-/m1/s1. The van der Waals surface area contributed by atoms with Gasteiger partial charge in [0.2, 0.25) is 5.91 Å². The number of ketones is 1. The lowest BCUT2D eigenvalue weighted by Crippen LogP contribution is -2.33. The Morgan fingerprint density at radius 3 is 2.26 bits per heavy atom. The highest BCUT2D eigenvalue weighted by molar-refractivity contribution is 5.96. The van der Waals surface area contributed by atoms with Gasteiger partial charge in [-0.05, 0) is 44.2 Å². The first-order valence-electron chi connectivity index (χ1n) is 8.53. The summed E-state index contributed by atoms with van der Waals surface area (Å²) in [4.78, 5) is 36.1. The molecule has 0 unspecified atom stereocenters. The van der Waals surface area contributed by atoms with Gasteiger partial charge in [-0.1, -0.05) is 30.3 Å². The summed E-state index contributed by atoms with van der Waals surface area (Å²) in [6.07, 6.45) is 0. The summed E-state index contributed by atoms with van der Waals surface area (Å²) < 4.78 is 1.17. The maximum atomic E-state index is 12.6. The van der Waals surface area contributed by atoms with Gasteiger partial charge in [0.05, 0.1) is 5.69 Å². The summed E-state index contributed by atoms with van der Waals surface area (Å²) >= 11 is 0. The number of aromatic nitrogens is 2. The minimum Gasteiger partial charge on any atom is -0.324 e. The molecule has 1 aromatic heterocycles. The highest BCUT2D eigenvalue weighted by Gasteiger charge is 2.18. The number of Topliss-reactive ketones (excluding diaryl/α,β-unsaturated/α-hetero) is 1. The van der Waals surface area contributed by atoms with Gasteiger partial charge in [0.1, 0.15) is 6.04 Å². The number of nitrogens with zero attached hydrogens (tertiary/aromatic N) is 2. The van der Waals surface area contributed by atoms with Crippen LogP contribution in [0.1, 0.15) is 30.2 Å². The normalized spacial score (nSPS) is 11.6. The Hall–Kier alpha value is -3.54. The van der Waals surface area contributed by atoms with Crippen molar-refractivity contribution in [2.24, 2.45) is 0 Å². The van der Waals surface area contributed by atoms with Crippen molar-refractivity contribution in [1.29, 1.82) is 0 Å². The Morgan fingerprint density at radius 2 is 1.63 bits per heavy atom. The molecule has 1 amide bonds. The lowest BCUT2D eigenvalue weighted by molar-refractivity contribution is -0.119. The molecule has 6 nitrogen and oxygen atoms in total. The van der Waals surface area contributed by atoms with Crippen molar-refractivity contribution >= 4 is 17.4 Å². The summed E-state index contributed by atoms with van der Waals surface area (Å²) in [6, 6.07) is 18.3. The van der Waals surface area contributed by atoms with Crippen LogP contribution in [0, 0.1) is 0 Å². The zero-order valence-electron chi connectivity index (χ0n) is 15.0. The van der Waals surface area contributed by atoms with Crippen molar-refractivity contribution in [1.82, 2.24) is 9.78 Å². The van der Waals surface area contributed by atoms with E-state index in [1.165, 1.54) is 17.7 Å². The van der Waals surface area contributed by atoms with Gasteiger partial charge >= 0.3 is 0 Å². The highest BCUT2D eigenvalue weighted by atomic mass is 16.2. The molecule has 0 aliphatic heterocycles. The van der Waals surface area contributed by atoms with Crippen molar-refractivity contribution in [3.05, 3.63) is 82.6 Å². The molecule has 0 fully saturated rings. The first-order chi connectivity index (χ1) is 13.0. The summed E-state index contributed by atoms with van der Waals surface area (Å²) in [7, 11) is 0. The van der Waals surface area contributed by atoms with Crippen LogP contribution >= 0.6 is 0 Å². The van der Waals surface area contributed by atoms with Crippen LogP contribution in [0.3, 0.4) is 0 Å². The topological polar surface area (TPSA) is 81.1 Å². The fraction of sp³-hybridized carbons (Fsp3) is 0.143. The molecule has 1 atom stereocenters. The van der Waals surface area contributed by atoms with E-state index in [0.717, 1.165) is 5.56 Å². The van der Waals surface area contributed by atoms with Gasteiger partial charge in [0, 0.05) is 22.9 Å². The van der Waals surface area contributed by atoms with Crippen molar-refractivity contribution in [2.75, 3.05) is 5.32 Å². The van der Waals surface area contributed by atoms with E-state index in [2.05, 4.69) is 10.4 Å². The number of nitrogens with one attached hydrogen (secondary N) is 1. The minimum atomic E-state index is -0.798. The second-order valence-electron chi connectivity index (χ2n) is 6.17. The second kappa shape index (κ2) is 7.78. The molecule has 0 bridgehead atoms. The highest BCUT2D eigenvalue weighted by Crippen LogP contribution is 2.16. The molecule has 0 spiro atoms. The quantitative estimate of drug-likeness (QED) is 0.707. The number of carbonyl (C=O) groups excluding carboxylic acids is 2. The lowest BCUT2D eigenvalue weighted by atomic mass is 10.1. The van der Waals surface area contributed by atoms with Gasteiger partial charge in [-0.3, -0.25) is 14.4 Å². The molecule has 2 aromatic carbocycles. The SMILES string of the molecule is CC(=O)c1ccc(NC(=O)[C@@H](C)n2nc(-c3ccccc3)ccc2=O)cc1. The number of carbonyl (C=O) groups is 2. The van der Waals surface area contributed by atoms with Crippen molar-refractivity contribution in [3.63, 3.8) is 0 Å². The lowest BCUT2D eigenvalue weighted by Gasteiger charge is -2.15. The van der Waals surface area contributed by atoms with E-state index in [1.54, 1.807) is 37.3 Å². The largest absolute Gasteiger partial charge is 0.324 e. The molecule has 3 rings (SSSR count). The van der Waals surface area contributed by atoms with Crippen molar-refractivity contribution in [3.8, 4) is 11.3 Å². The van der Waals surface area contributed by atoms with Gasteiger partial charge in [0.25, 0.3) is 5.56 Å². The zero-order chi connectivity index (χ0) is 19.4. The van der Waals surface area contributed by atoms with Crippen LogP contribution in [0.15, 0.2) is 71.5 Å². The van der Waals surface area contributed by atoms with Crippen molar-refractivity contribution < 1.29 is 9.59 Å². The van der Waals surface area contributed by atoms with E-state index >= 15 is 0 Å². The van der Waals surface area contributed by atoms with E-state index in [0.29, 0.717) is 16.9 Å². The summed E-state index contributed by atoms with van der Waals surface area (Å²) in [5.41, 5.74) is 2.22. The number of hydrogen-bond donors (Lipinski definition) is 1. The number of hydrogen-bond acceptors (Lipinski definition) is 4. The van der Waals surface area contributed by atoms with Gasteiger partial charge in [-0.2, -0.15) is 5.10 Å². The Kier molecular flexibility index (Phi) is 5.26. The molecule has 1 heterocycles. The Labute approximate surface area is 156 Å². The molecule has 27 heavy (non-hydrogen) atoms. The summed E-state index contributed by atoms with van der Waals surface area (Å²) in [5, 5.41) is 7.08. The molecule has 0 radical (unpaired) electrons. The maximum Gasteiger partial charge on any atom is 0.267 e. The Morgan fingerprint density at radius 1 is 0.963 bits per heavy atom. The van der Waals surface area contributed by atoms with Crippen LogP contribution in [0.2, 0.25) is 0 Å². The fourth-order valence-electron chi connectivity index (χ4n) is 2.61. The third kappa shape index (κ3) is 4.17. The first kappa shape index (κ1) is 18.3. The van der Waals surface area contributed by atoms with Crippen LogP contribution in [0.4, 0.5) is 5.69 Å². The minimum absolute atomic E-state index is 0.0466. The molecule has 0 aliphatic carbocycles. The van der Waals surface area contributed by atoms with Crippen LogP contribution in [-0.2, 0) is 4.79 Å². The molecule has 136 valence electrons. The molecule has 0 saturated heterocycles. The summed E-state index contributed by atoms with van der Waals surface area (Å²) in [5.74, 6) is -0.417. The van der Waals surface area contributed by atoms with E-state index < -0.39 is 6.04 Å².